The first-order valence-electron chi connectivity index (χ1n) is 7.39. The summed E-state index contributed by atoms with van der Waals surface area (Å²) in [6.45, 7) is 2.18. The Kier molecular flexibility index (Phi) is 11.5. The van der Waals surface area contributed by atoms with Crippen molar-refractivity contribution in [2.24, 2.45) is 10.8 Å². The molecule has 4 N–H and O–H groups in total. The molecule has 0 aliphatic heterocycles. The van der Waals surface area contributed by atoms with Gasteiger partial charge in [-0.2, -0.15) is 5.10 Å². The molecule has 0 aromatic rings. The van der Waals surface area contributed by atoms with Crippen LogP contribution in [0.4, 0.5) is 4.79 Å². The molecule has 0 aliphatic rings. The van der Waals surface area contributed by atoms with Crippen LogP contribution in [-0.2, 0) is 4.79 Å². The van der Waals surface area contributed by atoms with Crippen LogP contribution in [0, 0.1) is 0 Å². The number of amides is 2. The summed E-state index contributed by atoms with van der Waals surface area (Å²) in [5, 5.41) is 12.6. The smallest absolute Gasteiger partial charge is 0.332 e. The number of carboxylic acids is 1. The molecule has 0 aliphatic carbocycles. The zero-order chi connectivity index (χ0) is 15.2. The zero-order valence-electron chi connectivity index (χ0n) is 12.4. The molecule has 0 bridgehead atoms. The lowest BCUT2D eigenvalue weighted by Gasteiger charge is -2.06. The number of carbonyl (C=O) groups excluding carboxylic acids is 1. The third-order valence-electron chi connectivity index (χ3n) is 3.00. The Labute approximate surface area is 120 Å². The van der Waals surface area contributed by atoms with E-state index in [1.165, 1.54) is 25.7 Å². The van der Waals surface area contributed by atoms with Crippen LogP contribution < -0.4 is 11.2 Å². The average Bonchev–Trinajstić information content (AvgIpc) is 2.38. The van der Waals surface area contributed by atoms with Gasteiger partial charge in [0.05, 0.1) is 0 Å². The summed E-state index contributed by atoms with van der Waals surface area (Å²) in [4.78, 5) is 21.1. The van der Waals surface area contributed by atoms with Crippen LogP contribution in [0.25, 0.3) is 0 Å². The van der Waals surface area contributed by atoms with Crippen molar-refractivity contribution in [2.75, 3.05) is 0 Å². The largest absolute Gasteiger partial charge is 0.481 e. The second kappa shape index (κ2) is 12.4. The Hall–Kier alpha value is -1.59. The molecule has 0 aromatic carbocycles. The van der Waals surface area contributed by atoms with Crippen molar-refractivity contribution in [3.8, 4) is 0 Å². The van der Waals surface area contributed by atoms with E-state index in [1.54, 1.807) is 0 Å². The van der Waals surface area contributed by atoms with Crippen molar-refractivity contribution >= 4 is 17.7 Å². The first-order valence-corrected chi connectivity index (χ1v) is 7.39. The molecule has 0 rings (SSSR count). The van der Waals surface area contributed by atoms with Crippen molar-refractivity contribution in [1.29, 1.82) is 0 Å². The maximum Gasteiger partial charge on any atom is 0.332 e. The monoisotopic (exact) mass is 285 g/mol. The zero-order valence-corrected chi connectivity index (χ0v) is 12.4. The number of urea groups is 1. The fraction of sp³-hybridized carbons (Fsp3) is 0.786. The van der Waals surface area contributed by atoms with Crippen molar-refractivity contribution in [3.05, 3.63) is 0 Å². The highest BCUT2D eigenvalue weighted by Gasteiger charge is 2.04. The number of hydrogen-bond acceptors (Lipinski definition) is 3. The predicted octanol–water partition coefficient (Wildman–Crippen LogP) is 3.02. The van der Waals surface area contributed by atoms with Crippen molar-refractivity contribution in [2.45, 2.75) is 71.1 Å². The molecule has 0 saturated heterocycles. The Bertz CT molecular complexity index is 317. The third kappa shape index (κ3) is 12.9. The van der Waals surface area contributed by atoms with E-state index in [2.05, 4.69) is 17.5 Å². The predicted molar refractivity (Wildman–Crippen MR) is 79.6 cm³/mol. The third-order valence-corrected chi connectivity index (χ3v) is 3.00. The second-order valence-corrected chi connectivity index (χ2v) is 4.92. The van der Waals surface area contributed by atoms with Gasteiger partial charge in [-0.3, -0.25) is 4.79 Å². The molecule has 0 unspecified atom stereocenters. The summed E-state index contributed by atoms with van der Waals surface area (Å²) in [6, 6.07) is -0.691. The minimum absolute atomic E-state index is 0.117. The number of nitrogens with one attached hydrogen (secondary N) is 1. The fourth-order valence-corrected chi connectivity index (χ4v) is 1.92. The van der Waals surface area contributed by atoms with Gasteiger partial charge in [0.2, 0.25) is 0 Å². The fourth-order valence-electron chi connectivity index (χ4n) is 1.92. The van der Waals surface area contributed by atoms with E-state index in [4.69, 9.17) is 10.8 Å². The van der Waals surface area contributed by atoms with Gasteiger partial charge in [-0.05, 0) is 25.7 Å². The number of carbonyl (C=O) groups is 2. The molecular formula is C14H27N3O3. The number of hydrazone groups is 1. The topological polar surface area (TPSA) is 105 Å². The number of unbranched alkanes of at least 4 members (excludes halogenated alkanes) is 5. The number of rotatable bonds is 12. The summed E-state index contributed by atoms with van der Waals surface area (Å²) in [5.74, 6) is -0.813. The molecule has 0 aromatic heterocycles. The Morgan fingerprint density at radius 3 is 2.20 bits per heavy atom. The lowest BCUT2D eigenvalue weighted by Crippen LogP contribution is -2.25. The normalized spacial score (nSPS) is 11.3. The molecule has 20 heavy (non-hydrogen) atoms. The summed E-state index contributed by atoms with van der Waals surface area (Å²) in [7, 11) is 0. The SMILES string of the molecule is CCCCCCCCC(CCCC(=O)O)=NNC(N)=O. The molecule has 0 atom stereocenters. The Balaban J connectivity index is 3.95. The van der Waals surface area contributed by atoms with E-state index in [0.29, 0.717) is 12.8 Å². The van der Waals surface area contributed by atoms with Crippen LogP contribution >= 0.6 is 0 Å². The molecule has 0 fully saturated rings. The minimum atomic E-state index is -0.813. The number of aliphatic carboxylic acids is 1. The van der Waals surface area contributed by atoms with Crippen LogP contribution in [0.15, 0.2) is 5.10 Å². The van der Waals surface area contributed by atoms with Gasteiger partial charge >= 0.3 is 12.0 Å². The molecule has 116 valence electrons. The number of primary amides is 1. The summed E-state index contributed by atoms with van der Waals surface area (Å²) in [6.07, 6.45) is 9.11. The van der Waals surface area contributed by atoms with Gasteiger partial charge in [-0.25, -0.2) is 10.2 Å². The van der Waals surface area contributed by atoms with Crippen LogP contribution in [0.5, 0.6) is 0 Å². The highest BCUT2D eigenvalue weighted by molar-refractivity contribution is 5.86. The molecule has 2 amide bonds. The van der Waals surface area contributed by atoms with E-state index >= 15 is 0 Å². The molecule has 0 heterocycles. The molecule has 0 saturated carbocycles. The van der Waals surface area contributed by atoms with Crippen LogP contribution in [0.2, 0.25) is 0 Å². The van der Waals surface area contributed by atoms with E-state index in [9.17, 15) is 9.59 Å². The van der Waals surface area contributed by atoms with Crippen molar-refractivity contribution in [1.82, 2.24) is 5.43 Å². The van der Waals surface area contributed by atoms with E-state index in [0.717, 1.165) is 25.0 Å². The second-order valence-electron chi connectivity index (χ2n) is 4.92. The number of carboxylic acid groups (broad SMARTS) is 1. The van der Waals surface area contributed by atoms with Gasteiger partial charge < -0.3 is 10.8 Å². The van der Waals surface area contributed by atoms with Crippen molar-refractivity contribution < 1.29 is 14.7 Å². The highest BCUT2D eigenvalue weighted by Crippen LogP contribution is 2.10. The maximum atomic E-state index is 10.6. The molecule has 6 heteroatoms. The number of hydrogen-bond donors (Lipinski definition) is 3. The molecule has 0 spiro atoms. The first-order chi connectivity index (χ1) is 9.56. The highest BCUT2D eigenvalue weighted by atomic mass is 16.4. The summed E-state index contributed by atoms with van der Waals surface area (Å²) >= 11 is 0. The van der Waals surface area contributed by atoms with Crippen LogP contribution in [0.1, 0.15) is 71.1 Å². The lowest BCUT2D eigenvalue weighted by atomic mass is 10.0. The minimum Gasteiger partial charge on any atom is -0.481 e. The first kappa shape index (κ1) is 18.4. The number of nitrogens with zero attached hydrogens (tertiary/aromatic N) is 1. The lowest BCUT2D eigenvalue weighted by molar-refractivity contribution is -0.137. The van der Waals surface area contributed by atoms with Crippen molar-refractivity contribution in [3.63, 3.8) is 0 Å². The number of nitrogens with two attached hydrogens (primary N) is 1. The quantitative estimate of drug-likeness (QED) is 0.291. The van der Waals surface area contributed by atoms with Gasteiger partial charge in [-0.1, -0.05) is 39.0 Å². The molecule has 6 nitrogen and oxygen atoms in total. The van der Waals surface area contributed by atoms with E-state index < -0.39 is 12.0 Å². The molecule has 0 radical (unpaired) electrons. The Morgan fingerprint density at radius 1 is 1.00 bits per heavy atom. The van der Waals surface area contributed by atoms with Gasteiger partial charge in [-0.15, -0.1) is 0 Å². The Morgan fingerprint density at radius 2 is 1.60 bits per heavy atom. The van der Waals surface area contributed by atoms with Crippen LogP contribution in [0.3, 0.4) is 0 Å². The standard InChI is InChI=1S/C14H27N3O3/c1-2-3-4-5-6-7-9-12(16-17-14(15)20)10-8-11-13(18)19/h2-11H2,1H3,(H,18,19)(H3,15,17,20). The maximum absolute atomic E-state index is 10.6. The van der Waals surface area contributed by atoms with Gasteiger partial charge in [0.15, 0.2) is 0 Å². The van der Waals surface area contributed by atoms with Gasteiger partial charge in [0.25, 0.3) is 0 Å². The average molecular weight is 285 g/mol. The van der Waals surface area contributed by atoms with Gasteiger partial charge in [0.1, 0.15) is 0 Å². The molecular weight excluding hydrogens is 258 g/mol. The summed E-state index contributed by atoms with van der Waals surface area (Å²) in [5.41, 5.74) is 8.02. The summed E-state index contributed by atoms with van der Waals surface area (Å²) < 4.78 is 0. The van der Waals surface area contributed by atoms with Gasteiger partial charge in [0, 0.05) is 12.1 Å². The van der Waals surface area contributed by atoms with Crippen LogP contribution in [-0.4, -0.2) is 22.8 Å². The van der Waals surface area contributed by atoms with E-state index in [1.807, 2.05) is 0 Å². The van der Waals surface area contributed by atoms with E-state index in [-0.39, 0.29) is 6.42 Å².